The molecule has 2 saturated heterocycles. The molecule has 0 bridgehead atoms. The van der Waals surface area contributed by atoms with Gasteiger partial charge in [-0.25, -0.2) is 26.6 Å². The standard InChI is InChI=1S/C25H28F3N3O3S2/c1-16-4-2-8-30(13-16)36(32,33)19-6-7-24-23(12-19)29-25(31(24)14-18-5-3-9-34-18)35-15-20-21(27)10-17(26)11-22(20)28/h6-7,10-12,16,18H,2-5,8-9,13-15H2,1H3/t16-,18+/m1/s1. The van der Waals surface area contributed by atoms with Crippen molar-refractivity contribution < 1.29 is 26.3 Å². The molecule has 0 spiro atoms. The van der Waals surface area contributed by atoms with Gasteiger partial charge < -0.3 is 9.30 Å². The van der Waals surface area contributed by atoms with E-state index >= 15 is 0 Å². The first kappa shape index (κ1) is 25.6. The number of thioether (sulfide) groups is 1. The number of nitrogens with zero attached hydrogens (tertiary/aromatic N) is 3. The van der Waals surface area contributed by atoms with Crippen LogP contribution >= 0.6 is 11.8 Å². The molecule has 0 N–H and O–H groups in total. The fourth-order valence-electron chi connectivity index (χ4n) is 4.89. The predicted molar refractivity (Wildman–Crippen MR) is 132 cm³/mol. The molecule has 3 aromatic rings. The van der Waals surface area contributed by atoms with Crippen LogP contribution in [-0.4, -0.2) is 48.1 Å². The lowest BCUT2D eigenvalue weighted by atomic mass is 10.0. The molecule has 194 valence electrons. The zero-order valence-electron chi connectivity index (χ0n) is 19.9. The average Bonchev–Trinajstić information content (AvgIpc) is 3.46. The minimum atomic E-state index is -3.67. The topological polar surface area (TPSA) is 64.4 Å². The molecular weight excluding hydrogens is 511 g/mol. The summed E-state index contributed by atoms with van der Waals surface area (Å²) in [4.78, 5) is 4.83. The van der Waals surface area contributed by atoms with Crippen LogP contribution in [0.4, 0.5) is 13.2 Å². The van der Waals surface area contributed by atoms with Gasteiger partial charge in [0, 0.05) is 43.1 Å². The largest absolute Gasteiger partial charge is 0.376 e. The smallest absolute Gasteiger partial charge is 0.243 e. The van der Waals surface area contributed by atoms with Crippen molar-refractivity contribution >= 4 is 32.8 Å². The zero-order chi connectivity index (χ0) is 25.4. The molecule has 3 heterocycles. The summed E-state index contributed by atoms with van der Waals surface area (Å²) in [5.74, 6) is -2.67. The number of aromatic nitrogens is 2. The van der Waals surface area contributed by atoms with Gasteiger partial charge in [-0.3, -0.25) is 0 Å². The third-order valence-corrected chi connectivity index (χ3v) is 9.67. The van der Waals surface area contributed by atoms with Gasteiger partial charge in [-0.15, -0.1) is 0 Å². The molecule has 0 aliphatic carbocycles. The Balaban J connectivity index is 1.49. The summed E-state index contributed by atoms with van der Waals surface area (Å²) >= 11 is 1.12. The third-order valence-electron chi connectivity index (χ3n) is 6.80. The fourth-order valence-corrected chi connectivity index (χ4v) is 7.55. The Bertz CT molecular complexity index is 1350. The first-order chi connectivity index (χ1) is 17.2. The minimum absolute atomic E-state index is 0.0284. The lowest BCUT2D eigenvalue weighted by Gasteiger charge is -2.30. The van der Waals surface area contributed by atoms with Gasteiger partial charge >= 0.3 is 0 Å². The van der Waals surface area contributed by atoms with E-state index < -0.39 is 27.5 Å². The molecule has 2 fully saturated rings. The van der Waals surface area contributed by atoms with E-state index in [1.807, 2.05) is 11.5 Å². The molecule has 2 atom stereocenters. The lowest BCUT2D eigenvalue weighted by molar-refractivity contribution is 0.0960. The van der Waals surface area contributed by atoms with Gasteiger partial charge in [-0.1, -0.05) is 18.7 Å². The van der Waals surface area contributed by atoms with Crippen LogP contribution in [0.2, 0.25) is 0 Å². The van der Waals surface area contributed by atoms with E-state index in [2.05, 4.69) is 4.98 Å². The number of hydrogen-bond donors (Lipinski definition) is 0. The Hall–Kier alpha value is -2.08. The zero-order valence-corrected chi connectivity index (χ0v) is 21.6. The highest BCUT2D eigenvalue weighted by atomic mass is 32.2. The summed E-state index contributed by atoms with van der Waals surface area (Å²) in [6.07, 6.45) is 3.64. The molecule has 6 nitrogen and oxygen atoms in total. The Labute approximate surface area is 212 Å². The summed E-state index contributed by atoms with van der Waals surface area (Å²) in [5, 5.41) is 0.491. The summed E-state index contributed by atoms with van der Waals surface area (Å²) < 4.78 is 77.6. The molecule has 11 heteroatoms. The highest BCUT2D eigenvalue weighted by molar-refractivity contribution is 7.98. The van der Waals surface area contributed by atoms with E-state index in [-0.39, 0.29) is 22.3 Å². The van der Waals surface area contributed by atoms with Gasteiger partial charge in [0.15, 0.2) is 5.16 Å². The van der Waals surface area contributed by atoms with Crippen molar-refractivity contribution in [2.45, 2.75) is 61.1 Å². The van der Waals surface area contributed by atoms with Crippen LogP contribution in [-0.2, 0) is 27.1 Å². The fraction of sp³-hybridized carbons (Fsp3) is 0.480. The maximum atomic E-state index is 14.2. The molecule has 36 heavy (non-hydrogen) atoms. The molecule has 2 aliphatic heterocycles. The number of ether oxygens (including phenoxy) is 1. The van der Waals surface area contributed by atoms with Crippen molar-refractivity contribution in [1.29, 1.82) is 0 Å². The molecule has 5 rings (SSSR count). The number of rotatable bonds is 7. The number of piperidine rings is 1. The molecule has 0 unspecified atom stereocenters. The second-order valence-electron chi connectivity index (χ2n) is 9.54. The van der Waals surface area contributed by atoms with Gasteiger partial charge in [0.25, 0.3) is 0 Å². The van der Waals surface area contributed by atoms with E-state index in [1.165, 1.54) is 4.31 Å². The highest BCUT2D eigenvalue weighted by Gasteiger charge is 2.29. The summed E-state index contributed by atoms with van der Waals surface area (Å²) in [5.41, 5.74) is 0.972. The van der Waals surface area contributed by atoms with Crippen LogP contribution in [0.1, 0.15) is 38.2 Å². The molecule has 0 radical (unpaired) electrons. The number of benzene rings is 2. The van der Waals surface area contributed by atoms with Crippen molar-refractivity contribution in [1.82, 2.24) is 13.9 Å². The maximum absolute atomic E-state index is 14.2. The monoisotopic (exact) mass is 539 g/mol. The van der Waals surface area contributed by atoms with Crippen LogP contribution in [0.3, 0.4) is 0 Å². The first-order valence-electron chi connectivity index (χ1n) is 12.1. The molecular formula is C25H28F3N3O3S2. The summed E-state index contributed by atoms with van der Waals surface area (Å²) in [6, 6.07) is 6.22. The van der Waals surface area contributed by atoms with E-state index in [1.54, 1.807) is 18.2 Å². The Morgan fingerprint density at radius 2 is 1.89 bits per heavy atom. The first-order valence-corrected chi connectivity index (χ1v) is 14.5. The molecule has 1 aromatic heterocycles. The second kappa shape index (κ2) is 10.4. The minimum Gasteiger partial charge on any atom is -0.376 e. The van der Waals surface area contributed by atoms with Gasteiger partial charge in [-0.2, -0.15) is 4.31 Å². The van der Waals surface area contributed by atoms with Crippen LogP contribution < -0.4 is 0 Å². The van der Waals surface area contributed by atoms with Crippen LogP contribution in [0.5, 0.6) is 0 Å². The average molecular weight is 540 g/mol. The molecule has 0 saturated carbocycles. The lowest BCUT2D eigenvalue weighted by Crippen LogP contribution is -2.39. The number of imidazole rings is 1. The van der Waals surface area contributed by atoms with Gasteiger partial charge in [-0.05, 0) is 49.8 Å². The number of hydrogen-bond acceptors (Lipinski definition) is 5. The van der Waals surface area contributed by atoms with Crippen LogP contribution in [0.15, 0.2) is 40.4 Å². The Morgan fingerprint density at radius 1 is 1.11 bits per heavy atom. The maximum Gasteiger partial charge on any atom is 0.243 e. The van der Waals surface area contributed by atoms with Crippen molar-refractivity contribution in [3.63, 3.8) is 0 Å². The van der Waals surface area contributed by atoms with Gasteiger partial charge in [0.2, 0.25) is 10.0 Å². The molecule has 2 aromatic carbocycles. The number of sulfonamides is 1. The number of halogens is 3. The van der Waals surface area contributed by atoms with E-state index in [9.17, 15) is 21.6 Å². The Kier molecular flexibility index (Phi) is 7.35. The van der Waals surface area contributed by atoms with Crippen molar-refractivity contribution in [3.05, 3.63) is 53.3 Å². The quantitative estimate of drug-likeness (QED) is 0.379. The van der Waals surface area contributed by atoms with Crippen molar-refractivity contribution in [2.24, 2.45) is 5.92 Å². The van der Waals surface area contributed by atoms with E-state index in [0.29, 0.717) is 55.0 Å². The van der Waals surface area contributed by atoms with Crippen LogP contribution in [0.25, 0.3) is 11.0 Å². The SMILES string of the molecule is C[C@@H]1CCCN(S(=O)(=O)c2ccc3c(c2)nc(SCc2c(F)cc(F)cc2F)n3C[C@@H]2CCCO2)C1. The molecule has 2 aliphatic rings. The normalized spacial score (nSPS) is 21.4. The summed E-state index contributed by atoms with van der Waals surface area (Å²) in [6.45, 7) is 4.19. The van der Waals surface area contributed by atoms with E-state index in [4.69, 9.17) is 4.74 Å². The third kappa shape index (κ3) is 5.16. The molecule has 0 amide bonds. The van der Waals surface area contributed by atoms with E-state index in [0.717, 1.165) is 43.0 Å². The van der Waals surface area contributed by atoms with Crippen LogP contribution in [0, 0.1) is 23.4 Å². The van der Waals surface area contributed by atoms with Gasteiger partial charge in [0.1, 0.15) is 17.5 Å². The summed E-state index contributed by atoms with van der Waals surface area (Å²) in [7, 11) is -3.67. The Morgan fingerprint density at radius 3 is 2.58 bits per heavy atom. The second-order valence-corrected chi connectivity index (χ2v) is 12.4. The predicted octanol–water partition coefficient (Wildman–Crippen LogP) is 5.35. The highest BCUT2D eigenvalue weighted by Crippen LogP contribution is 2.32. The van der Waals surface area contributed by atoms with Crippen molar-refractivity contribution in [3.8, 4) is 0 Å². The number of fused-ring (bicyclic) bond motifs is 1. The van der Waals surface area contributed by atoms with Crippen molar-refractivity contribution in [2.75, 3.05) is 19.7 Å². The van der Waals surface area contributed by atoms with Gasteiger partial charge in [0.05, 0.1) is 28.6 Å².